The van der Waals surface area contributed by atoms with E-state index in [0.29, 0.717) is 24.3 Å². The van der Waals surface area contributed by atoms with Crippen molar-refractivity contribution >= 4 is 27.3 Å². The number of hydrogen-bond donors (Lipinski definition) is 3. The van der Waals surface area contributed by atoms with E-state index in [2.05, 4.69) is 15.6 Å². The standard InChI is InChI=1S/C20H19F6N3O5S/c1-3-35(33,34)14-8-9-15(27-10-14)16(28-11(2)30)17(31)29-13-6-4-12(5-7-13)18(32,19(21,22)23)20(24,25)26/h4-10,16,32H,3H2,1-2H3,(H,28,30)(H,29,31). The minimum absolute atomic E-state index is 0.0899. The molecule has 1 heterocycles. The second-order valence-corrected chi connectivity index (χ2v) is 9.51. The van der Waals surface area contributed by atoms with Crippen molar-refractivity contribution in [1.82, 2.24) is 10.3 Å². The van der Waals surface area contributed by atoms with Gasteiger partial charge in [-0.05, 0) is 24.3 Å². The summed E-state index contributed by atoms with van der Waals surface area (Å²) in [5, 5.41) is 13.9. The zero-order valence-corrected chi connectivity index (χ0v) is 18.8. The van der Waals surface area contributed by atoms with Gasteiger partial charge in [-0.1, -0.05) is 19.1 Å². The fourth-order valence-corrected chi connectivity index (χ4v) is 3.71. The number of carbonyl (C=O) groups is 2. The van der Waals surface area contributed by atoms with E-state index >= 15 is 0 Å². The normalized spacial score (nSPS) is 13.7. The highest BCUT2D eigenvalue weighted by molar-refractivity contribution is 7.91. The number of aromatic nitrogens is 1. The molecule has 0 radical (unpaired) electrons. The molecule has 1 aromatic carbocycles. The molecular weight excluding hydrogens is 508 g/mol. The van der Waals surface area contributed by atoms with Gasteiger partial charge in [0.15, 0.2) is 15.9 Å². The van der Waals surface area contributed by atoms with Crippen LogP contribution in [0, 0.1) is 0 Å². The Kier molecular flexibility index (Phi) is 7.86. The lowest BCUT2D eigenvalue weighted by Gasteiger charge is -2.32. The number of aliphatic hydroxyl groups is 1. The lowest BCUT2D eigenvalue weighted by Crippen LogP contribution is -2.53. The van der Waals surface area contributed by atoms with Crippen LogP contribution in [0.5, 0.6) is 0 Å². The first-order valence-electron chi connectivity index (χ1n) is 9.67. The van der Waals surface area contributed by atoms with E-state index in [1.165, 1.54) is 13.0 Å². The summed E-state index contributed by atoms with van der Waals surface area (Å²) in [7, 11) is -3.60. The molecule has 0 bridgehead atoms. The van der Waals surface area contributed by atoms with Crippen LogP contribution in [0.2, 0.25) is 0 Å². The monoisotopic (exact) mass is 527 g/mol. The number of benzene rings is 1. The highest BCUT2D eigenvalue weighted by Gasteiger charge is 2.71. The van der Waals surface area contributed by atoms with Gasteiger partial charge in [-0.15, -0.1) is 0 Å². The second-order valence-electron chi connectivity index (χ2n) is 7.23. The Bertz CT molecular complexity index is 1170. The molecule has 2 aromatic rings. The molecule has 0 aliphatic heterocycles. The van der Waals surface area contributed by atoms with Crippen molar-refractivity contribution in [2.24, 2.45) is 0 Å². The maximum Gasteiger partial charge on any atom is 0.430 e. The number of anilines is 1. The van der Waals surface area contributed by atoms with Crippen molar-refractivity contribution in [2.45, 2.75) is 42.7 Å². The van der Waals surface area contributed by atoms with Crippen molar-refractivity contribution in [3.8, 4) is 0 Å². The van der Waals surface area contributed by atoms with Gasteiger partial charge in [-0.2, -0.15) is 26.3 Å². The number of halogens is 6. The van der Waals surface area contributed by atoms with Crippen molar-refractivity contribution in [2.75, 3.05) is 11.1 Å². The summed E-state index contributed by atoms with van der Waals surface area (Å²) in [6.07, 6.45) is -11.2. The van der Waals surface area contributed by atoms with Crippen molar-refractivity contribution < 1.29 is 49.5 Å². The number of nitrogens with one attached hydrogen (secondary N) is 2. The van der Waals surface area contributed by atoms with Crippen molar-refractivity contribution in [1.29, 1.82) is 0 Å². The van der Waals surface area contributed by atoms with Gasteiger partial charge in [-0.25, -0.2) is 8.42 Å². The van der Waals surface area contributed by atoms with Crippen LogP contribution < -0.4 is 10.6 Å². The number of amides is 2. The summed E-state index contributed by atoms with van der Waals surface area (Å²) in [6, 6.07) is 2.92. The topological polar surface area (TPSA) is 125 Å². The summed E-state index contributed by atoms with van der Waals surface area (Å²) in [4.78, 5) is 28.0. The molecule has 2 rings (SSSR count). The molecule has 8 nitrogen and oxygen atoms in total. The molecule has 192 valence electrons. The molecule has 0 saturated heterocycles. The van der Waals surface area contributed by atoms with Gasteiger partial charge in [-0.3, -0.25) is 14.6 Å². The third-order valence-corrected chi connectivity index (χ3v) is 6.51. The van der Waals surface area contributed by atoms with Gasteiger partial charge >= 0.3 is 12.4 Å². The van der Waals surface area contributed by atoms with Crippen LogP contribution in [-0.4, -0.2) is 48.4 Å². The van der Waals surface area contributed by atoms with Crippen molar-refractivity contribution in [3.05, 3.63) is 53.9 Å². The first-order valence-corrected chi connectivity index (χ1v) is 11.3. The van der Waals surface area contributed by atoms with Crippen LogP contribution in [0.1, 0.15) is 31.1 Å². The largest absolute Gasteiger partial charge is 0.430 e. The van der Waals surface area contributed by atoms with Gasteiger partial charge < -0.3 is 15.7 Å². The van der Waals surface area contributed by atoms with E-state index in [4.69, 9.17) is 0 Å². The predicted octanol–water partition coefficient (Wildman–Crippen LogP) is 3.00. The lowest BCUT2D eigenvalue weighted by molar-refractivity contribution is -0.376. The second kappa shape index (κ2) is 9.81. The summed E-state index contributed by atoms with van der Waals surface area (Å²) in [5.74, 6) is -1.88. The Morgan fingerprint density at radius 2 is 1.54 bits per heavy atom. The first kappa shape index (κ1) is 28.0. The van der Waals surface area contributed by atoms with Crippen LogP contribution in [0.3, 0.4) is 0 Å². The molecule has 1 aromatic heterocycles. The highest BCUT2D eigenvalue weighted by atomic mass is 32.2. The maximum atomic E-state index is 13.0. The van der Waals surface area contributed by atoms with Crippen molar-refractivity contribution in [3.63, 3.8) is 0 Å². The minimum Gasteiger partial charge on any atom is -0.369 e. The smallest absolute Gasteiger partial charge is 0.369 e. The van der Waals surface area contributed by atoms with E-state index in [-0.39, 0.29) is 22.0 Å². The Labute approximate surface area is 195 Å². The average Bonchev–Trinajstić information content (AvgIpc) is 2.75. The fraction of sp³-hybridized carbons (Fsp3) is 0.350. The van der Waals surface area contributed by atoms with Crippen LogP contribution in [-0.2, 0) is 25.0 Å². The van der Waals surface area contributed by atoms with E-state index < -0.39 is 51.2 Å². The van der Waals surface area contributed by atoms with E-state index in [9.17, 15) is 49.5 Å². The van der Waals surface area contributed by atoms with Gasteiger partial charge in [0.2, 0.25) is 5.91 Å². The number of nitrogens with zero attached hydrogens (tertiary/aromatic N) is 1. The first-order chi connectivity index (χ1) is 15.9. The molecular formula is C20H19F6N3O5S. The summed E-state index contributed by atoms with van der Waals surface area (Å²) < 4.78 is 102. The Balaban J connectivity index is 2.34. The maximum absolute atomic E-state index is 13.0. The molecule has 2 amide bonds. The quantitative estimate of drug-likeness (QED) is 0.476. The lowest BCUT2D eigenvalue weighted by atomic mass is 9.92. The van der Waals surface area contributed by atoms with Crippen LogP contribution >= 0.6 is 0 Å². The summed E-state index contributed by atoms with van der Waals surface area (Å²) in [6.45, 7) is 2.48. The van der Waals surface area contributed by atoms with E-state index in [1.54, 1.807) is 0 Å². The Morgan fingerprint density at radius 1 is 1.00 bits per heavy atom. The predicted molar refractivity (Wildman–Crippen MR) is 110 cm³/mol. The number of carbonyl (C=O) groups excluding carboxylic acids is 2. The van der Waals surface area contributed by atoms with Crippen LogP contribution in [0.4, 0.5) is 32.0 Å². The number of rotatable bonds is 7. The Morgan fingerprint density at radius 3 is 1.94 bits per heavy atom. The van der Waals surface area contributed by atoms with Crippen LogP contribution in [0.15, 0.2) is 47.5 Å². The average molecular weight is 527 g/mol. The molecule has 15 heteroatoms. The third kappa shape index (κ3) is 5.90. The third-order valence-electron chi connectivity index (χ3n) is 4.79. The number of hydrogen-bond acceptors (Lipinski definition) is 6. The van der Waals surface area contributed by atoms with Gasteiger partial charge in [0, 0.05) is 24.4 Å². The minimum atomic E-state index is -6.07. The number of pyridine rings is 1. The molecule has 0 aliphatic carbocycles. The molecule has 1 atom stereocenters. The molecule has 0 spiro atoms. The van der Waals surface area contributed by atoms with Gasteiger partial charge in [0.1, 0.15) is 0 Å². The molecule has 0 fully saturated rings. The zero-order valence-electron chi connectivity index (χ0n) is 18.0. The highest BCUT2D eigenvalue weighted by Crippen LogP contribution is 2.50. The SMILES string of the molecule is CCS(=O)(=O)c1ccc(C(NC(C)=O)C(=O)Nc2ccc(C(O)(C(F)(F)F)C(F)(F)F)cc2)nc1. The van der Waals surface area contributed by atoms with E-state index in [1.807, 2.05) is 0 Å². The van der Waals surface area contributed by atoms with Gasteiger partial charge in [0.25, 0.3) is 11.5 Å². The molecule has 0 saturated carbocycles. The summed E-state index contributed by atoms with van der Waals surface area (Å²) >= 11 is 0. The zero-order chi connectivity index (χ0) is 26.8. The number of sulfone groups is 1. The van der Waals surface area contributed by atoms with Gasteiger partial charge in [0.05, 0.1) is 16.3 Å². The molecule has 0 aliphatic rings. The molecule has 1 unspecified atom stereocenters. The fourth-order valence-electron chi connectivity index (χ4n) is 2.89. The number of alkyl halides is 6. The molecule has 3 N–H and O–H groups in total. The molecule has 35 heavy (non-hydrogen) atoms. The van der Waals surface area contributed by atoms with E-state index in [0.717, 1.165) is 19.2 Å². The summed E-state index contributed by atoms with van der Waals surface area (Å²) in [5.41, 5.74) is -7.01. The Hall–Kier alpha value is -3.20. The van der Waals surface area contributed by atoms with Crippen LogP contribution in [0.25, 0.3) is 0 Å².